The van der Waals surface area contributed by atoms with Gasteiger partial charge in [0.05, 0.1) is 7.11 Å². The van der Waals surface area contributed by atoms with Crippen molar-refractivity contribution in [3.8, 4) is 5.88 Å². The molecule has 1 aliphatic rings. The summed E-state index contributed by atoms with van der Waals surface area (Å²) in [6.07, 6.45) is 7.95. The van der Waals surface area contributed by atoms with Gasteiger partial charge < -0.3 is 10.1 Å². The standard InChI is InChI=1S/C13H20N2O/c1-16-13-10-6-9-12(15-13)14-11-7-4-2-3-5-8-11/h6,9-11H,2-5,7-8H2,1H3,(H,14,15). The van der Waals surface area contributed by atoms with Crippen molar-refractivity contribution < 1.29 is 4.74 Å². The van der Waals surface area contributed by atoms with Crippen LogP contribution in [0.25, 0.3) is 0 Å². The minimum atomic E-state index is 0.585. The van der Waals surface area contributed by atoms with Crippen LogP contribution < -0.4 is 10.1 Å². The van der Waals surface area contributed by atoms with Crippen LogP contribution in [0.5, 0.6) is 5.88 Å². The molecule has 1 aromatic rings. The molecule has 0 atom stereocenters. The van der Waals surface area contributed by atoms with Crippen molar-refractivity contribution in [2.24, 2.45) is 0 Å². The van der Waals surface area contributed by atoms with Crippen LogP contribution in [0.4, 0.5) is 5.82 Å². The second-order valence-corrected chi connectivity index (χ2v) is 4.40. The molecule has 88 valence electrons. The average Bonchev–Trinajstić information content (AvgIpc) is 2.58. The predicted molar refractivity (Wildman–Crippen MR) is 65.9 cm³/mol. The van der Waals surface area contributed by atoms with Crippen molar-refractivity contribution in [3.63, 3.8) is 0 Å². The fraction of sp³-hybridized carbons (Fsp3) is 0.615. The summed E-state index contributed by atoms with van der Waals surface area (Å²) >= 11 is 0. The van der Waals surface area contributed by atoms with E-state index >= 15 is 0 Å². The van der Waals surface area contributed by atoms with E-state index in [1.165, 1.54) is 38.5 Å². The van der Waals surface area contributed by atoms with Crippen LogP contribution in [0.2, 0.25) is 0 Å². The lowest BCUT2D eigenvalue weighted by Gasteiger charge is -2.16. The van der Waals surface area contributed by atoms with Gasteiger partial charge in [0.25, 0.3) is 0 Å². The zero-order valence-corrected chi connectivity index (χ0v) is 9.91. The van der Waals surface area contributed by atoms with E-state index in [4.69, 9.17) is 4.74 Å². The largest absolute Gasteiger partial charge is 0.481 e. The van der Waals surface area contributed by atoms with Crippen molar-refractivity contribution in [2.75, 3.05) is 12.4 Å². The SMILES string of the molecule is COc1cccc(NC2CCCCCC2)n1. The molecule has 0 bridgehead atoms. The van der Waals surface area contributed by atoms with E-state index in [9.17, 15) is 0 Å². The molecule has 0 radical (unpaired) electrons. The van der Waals surface area contributed by atoms with Crippen molar-refractivity contribution >= 4 is 5.82 Å². The summed E-state index contributed by atoms with van der Waals surface area (Å²) in [4.78, 5) is 4.38. The molecule has 0 amide bonds. The smallest absolute Gasteiger partial charge is 0.214 e. The lowest BCUT2D eigenvalue weighted by Crippen LogP contribution is -2.18. The Balaban J connectivity index is 1.96. The number of hydrogen-bond donors (Lipinski definition) is 1. The second kappa shape index (κ2) is 5.73. The molecule has 1 heterocycles. The molecule has 16 heavy (non-hydrogen) atoms. The van der Waals surface area contributed by atoms with Gasteiger partial charge in [-0.25, -0.2) is 0 Å². The van der Waals surface area contributed by atoms with Crippen LogP contribution >= 0.6 is 0 Å². The molecule has 0 unspecified atom stereocenters. The Labute approximate surface area is 97.2 Å². The molecule has 1 aromatic heterocycles. The summed E-state index contributed by atoms with van der Waals surface area (Å²) in [5.41, 5.74) is 0. The Morgan fingerprint density at radius 2 is 1.94 bits per heavy atom. The van der Waals surface area contributed by atoms with Crippen molar-refractivity contribution in [1.82, 2.24) is 4.98 Å². The van der Waals surface area contributed by atoms with Crippen LogP contribution in [0.15, 0.2) is 18.2 Å². The van der Waals surface area contributed by atoms with E-state index in [2.05, 4.69) is 10.3 Å². The third-order valence-electron chi connectivity index (χ3n) is 3.14. The first-order valence-corrected chi connectivity index (χ1v) is 6.16. The van der Waals surface area contributed by atoms with E-state index in [1.54, 1.807) is 7.11 Å². The van der Waals surface area contributed by atoms with Gasteiger partial charge in [0.15, 0.2) is 0 Å². The topological polar surface area (TPSA) is 34.1 Å². The number of hydrogen-bond acceptors (Lipinski definition) is 3. The predicted octanol–water partition coefficient (Wildman–Crippen LogP) is 3.22. The van der Waals surface area contributed by atoms with Crippen molar-refractivity contribution in [3.05, 3.63) is 18.2 Å². The molecule has 3 heteroatoms. The molecule has 1 saturated carbocycles. The molecule has 3 nitrogen and oxygen atoms in total. The van der Waals surface area contributed by atoms with E-state index in [0.29, 0.717) is 11.9 Å². The maximum atomic E-state index is 5.12. The third-order valence-corrected chi connectivity index (χ3v) is 3.14. The maximum absolute atomic E-state index is 5.12. The molecule has 1 fully saturated rings. The molecule has 1 N–H and O–H groups in total. The quantitative estimate of drug-likeness (QED) is 0.794. The van der Waals surface area contributed by atoms with Crippen molar-refractivity contribution in [2.45, 2.75) is 44.6 Å². The third kappa shape index (κ3) is 3.12. The summed E-state index contributed by atoms with van der Waals surface area (Å²) in [5, 5.41) is 3.50. The highest BCUT2D eigenvalue weighted by atomic mass is 16.5. The monoisotopic (exact) mass is 220 g/mol. The number of rotatable bonds is 3. The van der Waals surface area contributed by atoms with Gasteiger partial charge in [0.2, 0.25) is 5.88 Å². The van der Waals surface area contributed by atoms with Gasteiger partial charge in [-0.15, -0.1) is 0 Å². The molecule has 0 aliphatic heterocycles. The van der Waals surface area contributed by atoms with Crippen molar-refractivity contribution in [1.29, 1.82) is 0 Å². The van der Waals surface area contributed by atoms with Gasteiger partial charge in [0.1, 0.15) is 5.82 Å². The Morgan fingerprint density at radius 1 is 1.19 bits per heavy atom. The highest BCUT2D eigenvalue weighted by Gasteiger charge is 2.12. The van der Waals surface area contributed by atoms with Gasteiger partial charge in [-0.3, -0.25) is 0 Å². The minimum absolute atomic E-state index is 0.585. The van der Waals surface area contributed by atoms with Crippen LogP contribution in [0.3, 0.4) is 0 Å². The Hall–Kier alpha value is -1.25. The zero-order valence-electron chi connectivity index (χ0n) is 9.91. The number of aromatic nitrogens is 1. The Kier molecular flexibility index (Phi) is 4.03. The van der Waals surface area contributed by atoms with Crippen LogP contribution in [-0.4, -0.2) is 18.1 Å². The van der Waals surface area contributed by atoms with Crippen LogP contribution in [0, 0.1) is 0 Å². The minimum Gasteiger partial charge on any atom is -0.481 e. The number of nitrogens with zero attached hydrogens (tertiary/aromatic N) is 1. The van der Waals surface area contributed by atoms with Gasteiger partial charge >= 0.3 is 0 Å². The molecule has 0 saturated heterocycles. The Morgan fingerprint density at radius 3 is 2.62 bits per heavy atom. The lowest BCUT2D eigenvalue weighted by atomic mass is 10.1. The summed E-state index contributed by atoms with van der Waals surface area (Å²) in [6, 6.07) is 6.44. The number of ether oxygens (including phenoxy) is 1. The number of methoxy groups -OCH3 is 1. The van der Waals surface area contributed by atoms with Gasteiger partial charge in [0, 0.05) is 12.1 Å². The van der Waals surface area contributed by atoms with Gasteiger partial charge in [-0.2, -0.15) is 4.98 Å². The fourth-order valence-electron chi connectivity index (χ4n) is 2.24. The summed E-state index contributed by atoms with van der Waals surface area (Å²) in [5.74, 6) is 1.62. The number of anilines is 1. The van der Waals surface area contributed by atoms with Crippen LogP contribution in [0.1, 0.15) is 38.5 Å². The molecule has 0 spiro atoms. The molecule has 1 aliphatic carbocycles. The number of nitrogens with one attached hydrogen (secondary N) is 1. The highest BCUT2D eigenvalue weighted by molar-refractivity contribution is 5.38. The van der Waals surface area contributed by atoms with Gasteiger partial charge in [-0.1, -0.05) is 31.7 Å². The van der Waals surface area contributed by atoms with E-state index < -0.39 is 0 Å². The zero-order chi connectivity index (χ0) is 11.2. The fourth-order valence-corrected chi connectivity index (χ4v) is 2.24. The molecular formula is C13H20N2O. The summed E-state index contributed by atoms with van der Waals surface area (Å²) < 4.78 is 5.12. The first-order valence-electron chi connectivity index (χ1n) is 6.16. The first kappa shape index (κ1) is 11.2. The maximum Gasteiger partial charge on any atom is 0.214 e. The summed E-state index contributed by atoms with van der Waals surface area (Å²) in [7, 11) is 1.65. The average molecular weight is 220 g/mol. The van der Waals surface area contributed by atoms with E-state index in [-0.39, 0.29) is 0 Å². The molecule has 2 rings (SSSR count). The van der Waals surface area contributed by atoms with E-state index in [0.717, 1.165) is 5.82 Å². The highest BCUT2D eigenvalue weighted by Crippen LogP contribution is 2.21. The molecule has 0 aromatic carbocycles. The van der Waals surface area contributed by atoms with Gasteiger partial charge in [-0.05, 0) is 18.9 Å². The number of pyridine rings is 1. The van der Waals surface area contributed by atoms with Crippen LogP contribution in [-0.2, 0) is 0 Å². The summed E-state index contributed by atoms with van der Waals surface area (Å²) in [6.45, 7) is 0. The Bertz CT molecular complexity index is 319. The molecular weight excluding hydrogens is 200 g/mol. The normalized spacial score (nSPS) is 17.8. The van der Waals surface area contributed by atoms with E-state index in [1.807, 2.05) is 18.2 Å². The first-order chi connectivity index (χ1) is 7.88. The second-order valence-electron chi connectivity index (χ2n) is 4.40. The lowest BCUT2D eigenvalue weighted by molar-refractivity contribution is 0.398.